The first-order chi connectivity index (χ1) is 9.64. The Morgan fingerprint density at radius 2 is 1.85 bits per heavy atom. The van der Waals surface area contributed by atoms with E-state index in [1.54, 1.807) is 0 Å². The van der Waals surface area contributed by atoms with Crippen LogP contribution in [0.1, 0.15) is 43.4 Å². The number of nitrogens with one attached hydrogen (secondary N) is 1. The van der Waals surface area contributed by atoms with E-state index in [2.05, 4.69) is 79.6 Å². The zero-order chi connectivity index (χ0) is 14.1. The molecule has 0 amide bonds. The number of allylic oxidation sites excluding steroid dienone is 2. The van der Waals surface area contributed by atoms with Crippen molar-refractivity contribution in [3.05, 3.63) is 45.1 Å². The van der Waals surface area contributed by atoms with Gasteiger partial charge in [0, 0.05) is 9.35 Å². The number of hydrogen-bond donors (Lipinski definition) is 1. The minimum absolute atomic E-state index is 0.0449. The van der Waals surface area contributed by atoms with Crippen LogP contribution in [-0.4, -0.2) is 3.55 Å². The molecule has 1 aromatic heterocycles. The van der Waals surface area contributed by atoms with Crippen molar-refractivity contribution >= 4 is 49.9 Å². The van der Waals surface area contributed by atoms with E-state index >= 15 is 0 Å². The van der Waals surface area contributed by atoms with Crippen LogP contribution in [0.5, 0.6) is 0 Å². The van der Waals surface area contributed by atoms with E-state index in [0.717, 1.165) is 6.42 Å². The molecular weight excluding hydrogens is 445 g/mol. The third-order valence-electron chi connectivity index (χ3n) is 4.18. The highest BCUT2D eigenvalue weighted by Crippen LogP contribution is 2.45. The monoisotopic (exact) mass is 463 g/mol. The molecule has 4 heteroatoms. The Kier molecular flexibility index (Phi) is 4.75. The molecule has 2 aliphatic rings. The molecule has 1 N–H and O–H groups in total. The first kappa shape index (κ1) is 15.3. The van der Waals surface area contributed by atoms with Crippen molar-refractivity contribution < 1.29 is 0 Å². The first-order valence-corrected chi connectivity index (χ1v) is 9.96. The topological polar surface area (TPSA) is 12.0 Å². The lowest BCUT2D eigenvalue weighted by molar-refractivity contribution is 0.229. The molecule has 0 spiro atoms. The van der Waals surface area contributed by atoms with E-state index < -0.39 is 0 Å². The second kappa shape index (κ2) is 6.23. The fraction of sp³-hybridized carbons (Fsp3) is 0.500. The summed E-state index contributed by atoms with van der Waals surface area (Å²) in [7, 11) is 0. The van der Waals surface area contributed by atoms with Crippen LogP contribution < -0.4 is 5.32 Å². The zero-order valence-corrected chi connectivity index (χ0v) is 15.9. The lowest BCUT2D eigenvalue weighted by Gasteiger charge is -2.43. The van der Waals surface area contributed by atoms with Crippen LogP contribution in [0.25, 0.3) is 0 Å². The summed E-state index contributed by atoms with van der Waals surface area (Å²) in [6.45, 7) is 0. The van der Waals surface area contributed by atoms with E-state index in [4.69, 9.17) is 0 Å². The Hall–Kier alpha value is 0.350. The summed E-state index contributed by atoms with van der Waals surface area (Å²) in [4.78, 5) is 1.47. The molecule has 0 radical (unpaired) electrons. The van der Waals surface area contributed by atoms with Crippen molar-refractivity contribution in [2.75, 3.05) is 0 Å². The molecule has 108 valence electrons. The lowest BCUT2D eigenvalue weighted by atomic mass is 9.79. The van der Waals surface area contributed by atoms with Gasteiger partial charge in [-0.25, -0.2) is 0 Å². The second-order valence-electron chi connectivity index (χ2n) is 5.67. The predicted octanol–water partition coefficient (Wildman–Crippen LogP) is 5.91. The summed E-state index contributed by atoms with van der Waals surface area (Å²) in [5.41, 5.74) is 0.123. The van der Waals surface area contributed by atoms with E-state index in [1.807, 2.05) is 11.3 Å². The average molecular weight is 464 g/mol. The highest BCUT2D eigenvalue weighted by molar-refractivity contribution is 14.1. The van der Waals surface area contributed by atoms with Crippen molar-refractivity contribution in [3.8, 4) is 0 Å². The molecule has 0 atom stereocenters. The molecule has 2 aliphatic carbocycles. The van der Waals surface area contributed by atoms with Crippen LogP contribution >= 0.6 is 49.9 Å². The van der Waals surface area contributed by atoms with Crippen molar-refractivity contribution in [1.29, 1.82) is 0 Å². The maximum atomic E-state index is 3.98. The maximum absolute atomic E-state index is 3.98. The van der Waals surface area contributed by atoms with E-state index in [9.17, 15) is 0 Å². The van der Waals surface area contributed by atoms with Gasteiger partial charge in [0.2, 0.25) is 0 Å². The van der Waals surface area contributed by atoms with E-state index in [-0.39, 0.29) is 9.08 Å². The quantitative estimate of drug-likeness (QED) is 0.254. The number of thiophene rings is 1. The highest BCUT2D eigenvalue weighted by atomic mass is 127. The van der Waals surface area contributed by atoms with Gasteiger partial charge in [-0.15, -0.1) is 11.3 Å². The summed E-state index contributed by atoms with van der Waals surface area (Å²) in [5, 5.41) is 6.18. The molecule has 1 fully saturated rings. The van der Waals surface area contributed by atoms with Gasteiger partial charge >= 0.3 is 0 Å². The molecule has 0 aromatic carbocycles. The molecule has 1 saturated carbocycles. The Balaban J connectivity index is 1.94. The third-order valence-corrected chi connectivity index (χ3v) is 7.21. The maximum Gasteiger partial charge on any atom is 0.108 e. The number of alkyl halides is 1. The summed E-state index contributed by atoms with van der Waals surface area (Å²) >= 11 is 8.18. The van der Waals surface area contributed by atoms with Gasteiger partial charge in [0.05, 0.1) is 5.54 Å². The van der Waals surface area contributed by atoms with Crippen LogP contribution in [-0.2, 0) is 5.54 Å². The smallest absolute Gasteiger partial charge is 0.108 e. The third kappa shape index (κ3) is 3.08. The molecule has 1 heterocycles. The summed E-state index contributed by atoms with van der Waals surface area (Å²) in [5.74, 6) is 0. The van der Waals surface area contributed by atoms with Crippen LogP contribution in [0.4, 0.5) is 0 Å². The van der Waals surface area contributed by atoms with Crippen LogP contribution in [0, 0.1) is 0 Å². The van der Waals surface area contributed by atoms with Crippen molar-refractivity contribution in [3.63, 3.8) is 0 Å². The molecule has 0 bridgehead atoms. The van der Waals surface area contributed by atoms with Gasteiger partial charge in [-0.2, -0.15) is 0 Å². The zero-order valence-electron chi connectivity index (χ0n) is 11.4. The van der Waals surface area contributed by atoms with E-state index in [1.165, 1.54) is 41.5 Å². The van der Waals surface area contributed by atoms with Crippen LogP contribution in [0.3, 0.4) is 0 Å². The van der Waals surface area contributed by atoms with Gasteiger partial charge in [-0.1, -0.05) is 66.2 Å². The molecule has 3 rings (SSSR count). The number of hydrogen-bond acceptors (Lipinski definition) is 2. The number of rotatable bonds is 3. The normalized spacial score (nSPS) is 23.9. The molecule has 1 aromatic rings. The van der Waals surface area contributed by atoms with Gasteiger partial charge in [0.1, 0.15) is 3.55 Å². The van der Waals surface area contributed by atoms with Gasteiger partial charge < -0.3 is 0 Å². The Morgan fingerprint density at radius 1 is 1.15 bits per heavy atom. The summed E-state index contributed by atoms with van der Waals surface area (Å²) in [6, 6.07) is 2.18. The van der Waals surface area contributed by atoms with Gasteiger partial charge in [0.15, 0.2) is 0 Å². The molecule has 0 saturated heterocycles. The largest absolute Gasteiger partial charge is 0.286 e. The average Bonchev–Trinajstić information content (AvgIpc) is 2.87. The van der Waals surface area contributed by atoms with Gasteiger partial charge in [-0.05, 0) is 46.6 Å². The first-order valence-electron chi connectivity index (χ1n) is 7.21. The fourth-order valence-corrected chi connectivity index (χ4v) is 6.26. The van der Waals surface area contributed by atoms with Crippen molar-refractivity contribution in [2.24, 2.45) is 0 Å². The molecule has 0 unspecified atom stereocenters. The predicted molar refractivity (Wildman–Crippen MR) is 99.6 cm³/mol. The van der Waals surface area contributed by atoms with Gasteiger partial charge in [0.25, 0.3) is 0 Å². The lowest BCUT2D eigenvalue weighted by Crippen LogP contribution is -2.52. The highest BCUT2D eigenvalue weighted by Gasteiger charge is 2.41. The minimum atomic E-state index is -0.0449. The Bertz CT molecular complexity index is 516. The molecule has 20 heavy (non-hydrogen) atoms. The summed E-state index contributed by atoms with van der Waals surface area (Å²) in [6.07, 6.45) is 16.7. The van der Waals surface area contributed by atoms with Gasteiger partial charge in [-0.3, -0.25) is 5.32 Å². The van der Waals surface area contributed by atoms with E-state index in [0.29, 0.717) is 0 Å². The van der Waals surface area contributed by atoms with Crippen LogP contribution in [0.2, 0.25) is 0 Å². The Labute approximate surface area is 147 Å². The number of halogens is 2. The molecule has 0 aliphatic heterocycles. The Morgan fingerprint density at radius 3 is 2.45 bits per heavy atom. The summed E-state index contributed by atoms with van der Waals surface area (Å²) < 4.78 is 1.22. The van der Waals surface area contributed by atoms with Crippen molar-refractivity contribution in [1.82, 2.24) is 5.32 Å². The van der Waals surface area contributed by atoms with Crippen LogP contribution in [0.15, 0.2) is 40.2 Å². The standard InChI is InChI=1S/C16H19BrINS/c17-13-7-12-20-14(13)15(8-3-1-4-9-15)19-16(18)10-5-2-6-11-16/h5-7,10-12,19H,1-4,8-9H2. The SMILES string of the molecule is Brc1ccsc1C1(NC2(I)C=CCC=C2)CCCCC1. The second-order valence-corrected chi connectivity index (χ2v) is 9.23. The minimum Gasteiger partial charge on any atom is -0.286 e. The molecular formula is C16H19BrINS. The molecule has 1 nitrogen and oxygen atoms in total. The van der Waals surface area contributed by atoms with Crippen molar-refractivity contribution in [2.45, 2.75) is 47.6 Å². The fourth-order valence-electron chi connectivity index (χ4n) is 3.26.